The summed E-state index contributed by atoms with van der Waals surface area (Å²) in [6, 6.07) is 11.0. The zero-order valence-electron chi connectivity index (χ0n) is 16.9. The van der Waals surface area contributed by atoms with Crippen molar-refractivity contribution in [2.75, 3.05) is 27.9 Å². The molecule has 0 aliphatic rings. The molecule has 2 aromatic carbocycles. The van der Waals surface area contributed by atoms with E-state index in [1.54, 1.807) is 19.2 Å². The minimum Gasteiger partial charge on any atom is -0.493 e. The number of benzene rings is 2. The van der Waals surface area contributed by atoms with Gasteiger partial charge < -0.3 is 19.1 Å². The standard InChI is InChI=1S/C21H22N2O7/c1-22(13-16-5-4-6-18(28-2)21(16)29-3)19(24)14-30-20(25)12-9-15-7-10-17(11-8-15)23(26)27/h4-12H,13-14H2,1-3H3/b12-9+. The second-order valence-electron chi connectivity index (χ2n) is 6.19. The summed E-state index contributed by atoms with van der Waals surface area (Å²) < 4.78 is 15.6. The first-order valence-corrected chi connectivity index (χ1v) is 8.88. The Morgan fingerprint density at radius 2 is 1.80 bits per heavy atom. The third-order valence-electron chi connectivity index (χ3n) is 4.17. The number of non-ortho nitro benzene ring substituents is 1. The van der Waals surface area contributed by atoms with E-state index in [0.717, 1.165) is 11.6 Å². The lowest BCUT2D eigenvalue weighted by atomic mass is 10.1. The molecule has 0 spiro atoms. The van der Waals surface area contributed by atoms with Gasteiger partial charge in [-0.2, -0.15) is 0 Å². The summed E-state index contributed by atoms with van der Waals surface area (Å²) in [7, 11) is 4.63. The lowest BCUT2D eigenvalue weighted by molar-refractivity contribution is -0.384. The van der Waals surface area contributed by atoms with Crippen LogP contribution in [0.5, 0.6) is 11.5 Å². The number of esters is 1. The molecule has 9 nitrogen and oxygen atoms in total. The van der Waals surface area contributed by atoms with Crippen molar-refractivity contribution < 1.29 is 28.7 Å². The van der Waals surface area contributed by atoms with Gasteiger partial charge in [0.2, 0.25) is 0 Å². The van der Waals surface area contributed by atoms with E-state index >= 15 is 0 Å². The topological polar surface area (TPSA) is 108 Å². The molecule has 2 rings (SSSR count). The summed E-state index contributed by atoms with van der Waals surface area (Å²) >= 11 is 0. The van der Waals surface area contributed by atoms with Crippen molar-refractivity contribution in [3.05, 3.63) is 69.8 Å². The van der Waals surface area contributed by atoms with Gasteiger partial charge in [0.1, 0.15) is 0 Å². The van der Waals surface area contributed by atoms with Crippen LogP contribution in [0.25, 0.3) is 6.08 Å². The van der Waals surface area contributed by atoms with E-state index in [0.29, 0.717) is 17.1 Å². The molecule has 0 aliphatic heterocycles. The van der Waals surface area contributed by atoms with E-state index in [4.69, 9.17) is 14.2 Å². The third-order valence-corrected chi connectivity index (χ3v) is 4.17. The molecule has 0 N–H and O–H groups in total. The maximum Gasteiger partial charge on any atom is 0.331 e. The smallest absolute Gasteiger partial charge is 0.331 e. The van der Waals surface area contributed by atoms with Crippen LogP contribution >= 0.6 is 0 Å². The van der Waals surface area contributed by atoms with E-state index in [1.165, 1.54) is 49.5 Å². The molecule has 0 fully saturated rings. The first-order valence-electron chi connectivity index (χ1n) is 8.88. The predicted octanol–water partition coefficient (Wildman–Crippen LogP) is 2.83. The van der Waals surface area contributed by atoms with Crippen LogP contribution in [0.2, 0.25) is 0 Å². The van der Waals surface area contributed by atoms with E-state index in [9.17, 15) is 19.7 Å². The molecular formula is C21H22N2O7. The number of carbonyl (C=O) groups is 2. The van der Waals surface area contributed by atoms with E-state index in [1.807, 2.05) is 6.07 Å². The minimum absolute atomic E-state index is 0.0453. The van der Waals surface area contributed by atoms with Gasteiger partial charge in [0.05, 0.1) is 19.1 Å². The first-order chi connectivity index (χ1) is 14.3. The highest BCUT2D eigenvalue weighted by molar-refractivity contribution is 5.89. The fraction of sp³-hybridized carbons (Fsp3) is 0.238. The van der Waals surface area contributed by atoms with Crippen molar-refractivity contribution in [1.29, 1.82) is 0 Å². The Labute approximate surface area is 173 Å². The highest BCUT2D eigenvalue weighted by atomic mass is 16.6. The lowest BCUT2D eigenvalue weighted by Gasteiger charge is -2.19. The van der Waals surface area contributed by atoms with E-state index in [-0.39, 0.29) is 12.2 Å². The molecule has 0 bridgehead atoms. The Balaban J connectivity index is 1.88. The van der Waals surface area contributed by atoms with Gasteiger partial charge in [0.25, 0.3) is 11.6 Å². The predicted molar refractivity (Wildman–Crippen MR) is 109 cm³/mol. The van der Waals surface area contributed by atoms with Crippen molar-refractivity contribution >= 4 is 23.6 Å². The van der Waals surface area contributed by atoms with Crippen LogP contribution < -0.4 is 9.47 Å². The molecule has 0 atom stereocenters. The van der Waals surface area contributed by atoms with Crippen molar-refractivity contribution in [2.45, 2.75) is 6.54 Å². The Morgan fingerprint density at radius 3 is 2.40 bits per heavy atom. The van der Waals surface area contributed by atoms with Crippen LogP contribution in [0, 0.1) is 10.1 Å². The number of ether oxygens (including phenoxy) is 3. The molecule has 2 aromatic rings. The van der Waals surface area contributed by atoms with Crippen molar-refractivity contribution in [2.24, 2.45) is 0 Å². The number of nitrogens with zero attached hydrogens (tertiary/aromatic N) is 2. The molecule has 158 valence electrons. The summed E-state index contributed by atoms with van der Waals surface area (Å²) in [6.07, 6.45) is 2.60. The van der Waals surface area contributed by atoms with Gasteiger partial charge in [-0.1, -0.05) is 12.1 Å². The third kappa shape index (κ3) is 6.06. The molecule has 9 heteroatoms. The van der Waals surface area contributed by atoms with E-state index in [2.05, 4.69) is 0 Å². The van der Waals surface area contributed by atoms with Gasteiger partial charge in [0, 0.05) is 37.4 Å². The summed E-state index contributed by atoms with van der Waals surface area (Å²) in [4.78, 5) is 35.6. The summed E-state index contributed by atoms with van der Waals surface area (Å²) in [6.45, 7) is -0.179. The number of para-hydroxylation sites is 1. The van der Waals surface area contributed by atoms with E-state index < -0.39 is 23.4 Å². The second-order valence-corrected chi connectivity index (χ2v) is 6.19. The lowest BCUT2D eigenvalue weighted by Crippen LogP contribution is -2.30. The molecule has 0 radical (unpaired) electrons. The van der Waals surface area contributed by atoms with Crippen LogP contribution in [0.3, 0.4) is 0 Å². The SMILES string of the molecule is COc1cccc(CN(C)C(=O)COC(=O)/C=C/c2ccc([N+](=O)[O-])cc2)c1OC. The zero-order valence-corrected chi connectivity index (χ0v) is 16.9. The number of amides is 1. The Morgan fingerprint density at radius 1 is 1.10 bits per heavy atom. The van der Waals surface area contributed by atoms with Crippen LogP contribution in [-0.4, -0.2) is 49.6 Å². The Bertz CT molecular complexity index is 939. The normalized spacial score (nSPS) is 10.5. The van der Waals surface area contributed by atoms with Gasteiger partial charge in [-0.3, -0.25) is 14.9 Å². The van der Waals surface area contributed by atoms with Crippen LogP contribution in [0.4, 0.5) is 5.69 Å². The average Bonchev–Trinajstić information content (AvgIpc) is 2.75. The number of hydrogen-bond acceptors (Lipinski definition) is 7. The fourth-order valence-electron chi connectivity index (χ4n) is 2.58. The highest BCUT2D eigenvalue weighted by Gasteiger charge is 2.16. The second kappa shape index (κ2) is 10.6. The number of nitro benzene ring substituents is 1. The summed E-state index contributed by atoms with van der Waals surface area (Å²) in [5.41, 5.74) is 1.29. The quantitative estimate of drug-likeness (QED) is 0.269. The molecule has 0 aromatic heterocycles. The van der Waals surface area contributed by atoms with Gasteiger partial charge in [0.15, 0.2) is 18.1 Å². The number of nitro groups is 1. The van der Waals surface area contributed by atoms with Gasteiger partial charge in [-0.25, -0.2) is 4.79 Å². The highest BCUT2D eigenvalue weighted by Crippen LogP contribution is 2.31. The maximum absolute atomic E-state index is 12.3. The Kier molecular flexibility index (Phi) is 7.92. The minimum atomic E-state index is -0.700. The summed E-state index contributed by atoms with van der Waals surface area (Å²) in [5.74, 6) is -0.00708. The average molecular weight is 414 g/mol. The van der Waals surface area contributed by atoms with Gasteiger partial charge in [-0.15, -0.1) is 0 Å². The number of methoxy groups -OCH3 is 2. The van der Waals surface area contributed by atoms with Gasteiger partial charge >= 0.3 is 5.97 Å². The van der Waals surface area contributed by atoms with Crippen LogP contribution in [-0.2, 0) is 20.9 Å². The molecule has 0 aliphatic carbocycles. The summed E-state index contributed by atoms with van der Waals surface area (Å²) in [5, 5.41) is 10.6. The molecular weight excluding hydrogens is 392 g/mol. The Hall–Kier alpha value is -3.88. The number of carbonyl (C=O) groups excluding carboxylic acids is 2. The van der Waals surface area contributed by atoms with Crippen molar-refractivity contribution in [1.82, 2.24) is 4.90 Å². The fourth-order valence-corrected chi connectivity index (χ4v) is 2.58. The molecule has 0 saturated heterocycles. The molecule has 1 amide bonds. The van der Waals surface area contributed by atoms with Crippen molar-refractivity contribution in [3.8, 4) is 11.5 Å². The van der Waals surface area contributed by atoms with Crippen molar-refractivity contribution in [3.63, 3.8) is 0 Å². The number of hydrogen-bond donors (Lipinski definition) is 0. The monoisotopic (exact) mass is 414 g/mol. The zero-order chi connectivity index (χ0) is 22.1. The number of rotatable bonds is 9. The molecule has 0 unspecified atom stereocenters. The largest absolute Gasteiger partial charge is 0.493 e. The van der Waals surface area contributed by atoms with Gasteiger partial charge in [-0.05, 0) is 29.8 Å². The molecule has 0 saturated carbocycles. The number of likely N-dealkylation sites (N-methyl/N-ethyl adjacent to an activating group) is 1. The van der Waals surface area contributed by atoms with Crippen LogP contribution in [0.15, 0.2) is 48.5 Å². The molecule has 30 heavy (non-hydrogen) atoms. The first kappa shape index (κ1) is 22.4. The maximum atomic E-state index is 12.3. The molecule has 0 heterocycles. The van der Waals surface area contributed by atoms with Crippen LogP contribution in [0.1, 0.15) is 11.1 Å².